The van der Waals surface area contributed by atoms with Crippen LogP contribution in [0.25, 0.3) is 0 Å². The van der Waals surface area contributed by atoms with E-state index in [1.807, 2.05) is 45.0 Å². The number of hydrogen-bond acceptors (Lipinski definition) is 4. The molecule has 0 saturated carbocycles. The molecule has 0 bridgehead atoms. The molecule has 5 nitrogen and oxygen atoms in total. The minimum absolute atomic E-state index is 0.186. The molecule has 0 radical (unpaired) electrons. The summed E-state index contributed by atoms with van der Waals surface area (Å²) in [4.78, 5) is 3.16. The van der Waals surface area contributed by atoms with Gasteiger partial charge < -0.3 is 10.5 Å². The molecular formula is C21H29N3O2S. The van der Waals surface area contributed by atoms with E-state index in [4.69, 9.17) is 10.5 Å². The Labute approximate surface area is 164 Å². The average Bonchev–Trinajstić information content (AvgIpc) is 3.05. The van der Waals surface area contributed by atoms with Gasteiger partial charge in [-0.25, -0.2) is 8.93 Å². The summed E-state index contributed by atoms with van der Waals surface area (Å²) in [5.74, 6) is 0.905. The number of likely N-dealkylation sites (tertiary alicyclic amines) is 1. The van der Waals surface area contributed by atoms with E-state index in [1.54, 1.807) is 6.07 Å². The molecule has 1 aliphatic heterocycles. The van der Waals surface area contributed by atoms with Crippen molar-refractivity contribution in [3.63, 3.8) is 0 Å². The molecular weight excluding hydrogens is 358 g/mol. The Balaban J connectivity index is 1.52. The molecule has 3 N–H and O–H groups in total. The summed E-state index contributed by atoms with van der Waals surface area (Å²) in [6.07, 6.45) is 1.17. The molecule has 2 atom stereocenters. The summed E-state index contributed by atoms with van der Waals surface area (Å²) in [6, 6.07) is 14.1. The van der Waals surface area contributed by atoms with Crippen LogP contribution in [0.4, 0.5) is 5.69 Å². The van der Waals surface area contributed by atoms with Gasteiger partial charge in [0.2, 0.25) is 0 Å². The molecule has 1 heterocycles. The van der Waals surface area contributed by atoms with Gasteiger partial charge in [-0.3, -0.25) is 4.90 Å². The SMILES string of the molecule is Cc1ccc(N)cc1S(=O)NC1CCN(Cc2ccc(OC(C)C)cc2)C1. The van der Waals surface area contributed by atoms with Gasteiger partial charge in [0.15, 0.2) is 0 Å². The van der Waals surface area contributed by atoms with Crippen LogP contribution in [0.15, 0.2) is 47.4 Å². The van der Waals surface area contributed by atoms with Crippen LogP contribution in [0.3, 0.4) is 0 Å². The lowest BCUT2D eigenvalue weighted by Crippen LogP contribution is -2.34. The second-order valence-corrected chi connectivity index (χ2v) is 8.66. The van der Waals surface area contributed by atoms with Gasteiger partial charge in [0.1, 0.15) is 16.7 Å². The van der Waals surface area contributed by atoms with Gasteiger partial charge in [0.25, 0.3) is 0 Å². The Morgan fingerprint density at radius 3 is 2.70 bits per heavy atom. The van der Waals surface area contributed by atoms with Crippen LogP contribution in [0.2, 0.25) is 0 Å². The first-order chi connectivity index (χ1) is 12.9. The van der Waals surface area contributed by atoms with Crippen molar-refractivity contribution in [3.05, 3.63) is 53.6 Å². The van der Waals surface area contributed by atoms with E-state index >= 15 is 0 Å². The lowest BCUT2D eigenvalue weighted by molar-refractivity contribution is 0.242. The highest BCUT2D eigenvalue weighted by Crippen LogP contribution is 2.20. The molecule has 1 saturated heterocycles. The van der Waals surface area contributed by atoms with Gasteiger partial charge in [-0.1, -0.05) is 18.2 Å². The number of aryl methyl sites for hydroxylation is 1. The fourth-order valence-electron chi connectivity index (χ4n) is 3.31. The highest BCUT2D eigenvalue weighted by molar-refractivity contribution is 7.83. The number of rotatable bonds is 7. The summed E-state index contributed by atoms with van der Waals surface area (Å²) in [7, 11) is -1.24. The van der Waals surface area contributed by atoms with Crippen molar-refractivity contribution in [1.82, 2.24) is 9.62 Å². The summed E-state index contributed by atoms with van der Waals surface area (Å²) in [5.41, 5.74) is 8.74. The molecule has 1 fully saturated rings. The first kappa shape index (κ1) is 19.9. The predicted molar refractivity (Wildman–Crippen MR) is 111 cm³/mol. The number of nitrogens with zero attached hydrogens (tertiary/aromatic N) is 1. The van der Waals surface area contributed by atoms with Crippen LogP contribution >= 0.6 is 0 Å². The zero-order valence-corrected chi connectivity index (χ0v) is 17.1. The van der Waals surface area contributed by atoms with Crippen LogP contribution in [0, 0.1) is 6.92 Å². The van der Waals surface area contributed by atoms with Crippen molar-refractivity contribution >= 4 is 16.7 Å². The molecule has 0 amide bonds. The summed E-state index contributed by atoms with van der Waals surface area (Å²) in [5, 5.41) is 0. The molecule has 146 valence electrons. The van der Waals surface area contributed by atoms with Crippen molar-refractivity contribution < 1.29 is 8.95 Å². The van der Waals surface area contributed by atoms with Crippen LogP contribution < -0.4 is 15.2 Å². The maximum atomic E-state index is 12.7. The molecule has 3 rings (SSSR count). The monoisotopic (exact) mass is 387 g/mol. The smallest absolute Gasteiger partial charge is 0.125 e. The van der Waals surface area contributed by atoms with Crippen LogP contribution in [0.1, 0.15) is 31.4 Å². The Bertz CT molecular complexity index is 793. The number of nitrogen functional groups attached to an aromatic ring is 1. The minimum Gasteiger partial charge on any atom is -0.491 e. The normalized spacial score (nSPS) is 18.7. The third-order valence-corrected chi connectivity index (χ3v) is 6.05. The topological polar surface area (TPSA) is 67.6 Å². The predicted octanol–water partition coefficient (Wildman–Crippen LogP) is 3.25. The largest absolute Gasteiger partial charge is 0.491 e. The van der Waals surface area contributed by atoms with Gasteiger partial charge in [-0.05, 0) is 62.6 Å². The fraction of sp³-hybridized carbons (Fsp3) is 0.429. The third-order valence-electron chi connectivity index (χ3n) is 4.66. The average molecular weight is 388 g/mol. The van der Waals surface area contributed by atoms with Crippen molar-refractivity contribution in [2.24, 2.45) is 0 Å². The number of anilines is 1. The first-order valence-corrected chi connectivity index (χ1v) is 10.6. The van der Waals surface area contributed by atoms with E-state index < -0.39 is 11.0 Å². The second-order valence-electron chi connectivity index (χ2n) is 7.44. The van der Waals surface area contributed by atoms with Gasteiger partial charge in [0.05, 0.1) is 11.0 Å². The molecule has 27 heavy (non-hydrogen) atoms. The third kappa shape index (κ3) is 5.54. The first-order valence-electron chi connectivity index (χ1n) is 9.42. The van der Waals surface area contributed by atoms with Gasteiger partial charge in [-0.2, -0.15) is 0 Å². The highest BCUT2D eigenvalue weighted by Gasteiger charge is 2.24. The van der Waals surface area contributed by atoms with E-state index in [0.717, 1.165) is 42.3 Å². The van der Waals surface area contributed by atoms with E-state index in [1.165, 1.54) is 5.56 Å². The number of hydrogen-bond donors (Lipinski definition) is 2. The van der Waals surface area contributed by atoms with E-state index in [9.17, 15) is 4.21 Å². The molecule has 2 unspecified atom stereocenters. The summed E-state index contributed by atoms with van der Waals surface area (Å²) < 4.78 is 21.6. The summed E-state index contributed by atoms with van der Waals surface area (Å²) >= 11 is 0. The van der Waals surface area contributed by atoms with E-state index in [-0.39, 0.29) is 12.1 Å². The Hall–Kier alpha value is -1.89. The van der Waals surface area contributed by atoms with E-state index in [0.29, 0.717) is 5.69 Å². The molecule has 0 spiro atoms. The second kappa shape index (κ2) is 8.87. The van der Waals surface area contributed by atoms with Gasteiger partial charge in [0, 0.05) is 31.4 Å². The highest BCUT2D eigenvalue weighted by atomic mass is 32.2. The number of benzene rings is 2. The molecule has 6 heteroatoms. The van der Waals surface area contributed by atoms with Crippen LogP contribution in [-0.2, 0) is 17.5 Å². The maximum Gasteiger partial charge on any atom is 0.125 e. The zero-order chi connectivity index (χ0) is 19.4. The molecule has 2 aromatic rings. The molecule has 2 aromatic carbocycles. The van der Waals surface area contributed by atoms with Crippen molar-refractivity contribution in [2.75, 3.05) is 18.8 Å². The number of ether oxygens (including phenoxy) is 1. The van der Waals surface area contributed by atoms with Crippen LogP contribution in [0.5, 0.6) is 5.75 Å². The summed E-state index contributed by atoms with van der Waals surface area (Å²) in [6.45, 7) is 8.79. The number of nitrogens with two attached hydrogens (primary N) is 1. The molecule has 0 aromatic heterocycles. The quantitative estimate of drug-likeness (QED) is 0.716. The Morgan fingerprint density at radius 2 is 2.00 bits per heavy atom. The van der Waals surface area contributed by atoms with E-state index in [2.05, 4.69) is 21.8 Å². The zero-order valence-electron chi connectivity index (χ0n) is 16.3. The van der Waals surface area contributed by atoms with Gasteiger partial charge >= 0.3 is 0 Å². The van der Waals surface area contributed by atoms with Crippen molar-refractivity contribution in [2.45, 2.75) is 50.8 Å². The lowest BCUT2D eigenvalue weighted by Gasteiger charge is -2.17. The molecule has 1 aliphatic rings. The Morgan fingerprint density at radius 1 is 1.26 bits per heavy atom. The Kier molecular flexibility index (Phi) is 6.52. The standard InChI is InChI=1S/C21H29N3O2S/c1-15(2)26-20-8-5-17(6-9-20)13-24-11-10-19(14-24)23-27(25)21-12-18(22)7-4-16(21)3/h4-9,12,15,19,23H,10-11,13-14,22H2,1-3H3. The maximum absolute atomic E-state index is 12.7. The van der Waals surface area contributed by atoms with Crippen molar-refractivity contribution in [3.8, 4) is 5.75 Å². The lowest BCUT2D eigenvalue weighted by atomic mass is 10.2. The fourth-order valence-corrected chi connectivity index (χ4v) is 4.53. The van der Waals surface area contributed by atoms with Crippen LogP contribution in [-0.4, -0.2) is 34.3 Å². The van der Waals surface area contributed by atoms with Crippen molar-refractivity contribution in [1.29, 1.82) is 0 Å². The number of nitrogens with one attached hydrogen (secondary N) is 1. The molecule has 0 aliphatic carbocycles. The minimum atomic E-state index is -1.24. The van der Waals surface area contributed by atoms with Gasteiger partial charge in [-0.15, -0.1) is 0 Å².